The van der Waals surface area contributed by atoms with Gasteiger partial charge in [-0.2, -0.15) is 0 Å². The number of hydrogen-bond acceptors (Lipinski definition) is 3. The van der Waals surface area contributed by atoms with Gasteiger partial charge in [-0.1, -0.05) is 64.5 Å². The number of para-hydroxylation sites is 1. The van der Waals surface area contributed by atoms with Crippen molar-refractivity contribution in [1.29, 1.82) is 0 Å². The molecule has 0 bridgehead atoms. The zero-order chi connectivity index (χ0) is 18.9. The summed E-state index contributed by atoms with van der Waals surface area (Å²) in [6.45, 7) is 2.18. The van der Waals surface area contributed by atoms with E-state index in [0.29, 0.717) is 6.61 Å². The molecule has 3 rings (SSSR count). The Hall–Kier alpha value is -2.30. The third-order valence-electron chi connectivity index (χ3n) is 4.34. The molecule has 0 radical (unpaired) electrons. The molecule has 0 aliphatic heterocycles. The Labute approximate surface area is 169 Å². The van der Waals surface area contributed by atoms with E-state index in [1.54, 1.807) is 7.11 Å². The van der Waals surface area contributed by atoms with Gasteiger partial charge >= 0.3 is 0 Å². The molecular formula is C23H24BrNO2. The molecule has 0 aromatic heterocycles. The van der Waals surface area contributed by atoms with Gasteiger partial charge < -0.3 is 14.8 Å². The number of benzene rings is 3. The molecule has 3 aromatic carbocycles. The van der Waals surface area contributed by atoms with E-state index in [2.05, 4.69) is 45.5 Å². The van der Waals surface area contributed by atoms with Crippen LogP contribution in [0.5, 0.6) is 11.5 Å². The van der Waals surface area contributed by atoms with Crippen molar-refractivity contribution in [3.63, 3.8) is 0 Å². The highest BCUT2D eigenvalue weighted by molar-refractivity contribution is 9.10. The van der Waals surface area contributed by atoms with Gasteiger partial charge in [0.1, 0.15) is 18.1 Å². The van der Waals surface area contributed by atoms with Crippen LogP contribution in [0.1, 0.15) is 16.7 Å². The van der Waals surface area contributed by atoms with Crippen molar-refractivity contribution in [2.75, 3.05) is 13.7 Å². The highest BCUT2D eigenvalue weighted by Crippen LogP contribution is 2.24. The molecule has 0 unspecified atom stereocenters. The van der Waals surface area contributed by atoms with Gasteiger partial charge in [0.15, 0.2) is 0 Å². The smallest absolute Gasteiger partial charge is 0.124 e. The number of ether oxygens (including phenoxy) is 2. The van der Waals surface area contributed by atoms with Crippen molar-refractivity contribution >= 4 is 15.9 Å². The summed E-state index contributed by atoms with van der Waals surface area (Å²) in [4.78, 5) is 0. The van der Waals surface area contributed by atoms with E-state index in [1.165, 1.54) is 5.56 Å². The van der Waals surface area contributed by atoms with Gasteiger partial charge in [0.05, 0.1) is 7.11 Å². The lowest BCUT2D eigenvalue weighted by Crippen LogP contribution is -2.17. The Bertz CT molecular complexity index is 852. The molecule has 0 heterocycles. The predicted molar refractivity (Wildman–Crippen MR) is 113 cm³/mol. The van der Waals surface area contributed by atoms with Crippen molar-refractivity contribution in [2.45, 2.75) is 19.6 Å². The van der Waals surface area contributed by atoms with Crippen molar-refractivity contribution in [3.05, 3.63) is 94.0 Å². The van der Waals surface area contributed by atoms with Crippen LogP contribution < -0.4 is 14.8 Å². The Kier molecular flexibility index (Phi) is 7.31. The van der Waals surface area contributed by atoms with Crippen LogP contribution in [0.15, 0.2) is 77.3 Å². The summed E-state index contributed by atoms with van der Waals surface area (Å²) in [7, 11) is 1.71. The van der Waals surface area contributed by atoms with E-state index < -0.39 is 0 Å². The van der Waals surface area contributed by atoms with Crippen LogP contribution in [-0.4, -0.2) is 13.7 Å². The van der Waals surface area contributed by atoms with Crippen LogP contribution in [0.25, 0.3) is 0 Å². The standard InChI is InChI=1S/C23H24BrNO2/c1-26-22-10-6-5-9-19(22)13-14-25-16-20-15-21(24)11-12-23(20)27-17-18-7-3-2-4-8-18/h2-12,15,25H,13-14,16-17H2,1H3. The molecule has 0 fully saturated rings. The molecule has 0 saturated carbocycles. The fraction of sp³-hybridized carbons (Fsp3) is 0.217. The van der Waals surface area contributed by atoms with E-state index in [4.69, 9.17) is 9.47 Å². The molecular weight excluding hydrogens is 402 g/mol. The summed E-state index contributed by atoms with van der Waals surface area (Å²) in [5.74, 6) is 1.85. The lowest BCUT2D eigenvalue weighted by molar-refractivity contribution is 0.302. The van der Waals surface area contributed by atoms with Gasteiger partial charge in [-0.05, 0) is 48.4 Å². The molecule has 3 nitrogen and oxygen atoms in total. The third-order valence-corrected chi connectivity index (χ3v) is 4.83. The van der Waals surface area contributed by atoms with Crippen LogP contribution in [0.4, 0.5) is 0 Å². The van der Waals surface area contributed by atoms with E-state index in [1.807, 2.05) is 48.5 Å². The Morgan fingerprint density at radius 2 is 1.63 bits per heavy atom. The maximum Gasteiger partial charge on any atom is 0.124 e. The Morgan fingerprint density at radius 1 is 0.852 bits per heavy atom. The molecule has 0 amide bonds. The van der Waals surface area contributed by atoms with Crippen LogP contribution in [0.2, 0.25) is 0 Å². The molecule has 0 atom stereocenters. The Balaban J connectivity index is 1.56. The van der Waals surface area contributed by atoms with E-state index in [0.717, 1.165) is 46.6 Å². The van der Waals surface area contributed by atoms with E-state index >= 15 is 0 Å². The molecule has 4 heteroatoms. The number of nitrogens with one attached hydrogen (secondary N) is 1. The quantitative estimate of drug-likeness (QED) is 0.467. The summed E-state index contributed by atoms with van der Waals surface area (Å²) >= 11 is 3.56. The normalized spacial score (nSPS) is 10.6. The largest absolute Gasteiger partial charge is 0.496 e. The first-order chi connectivity index (χ1) is 13.3. The van der Waals surface area contributed by atoms with Gasteiger partial charge in [-0.3, -0.25) is 0 Å². The number of rotatable bonds is 9. The topological polar surface area (TPSA) is 30.5 Å². The van der Waals surface area contributed by atoms with E-state index in [-0.39, 0.29) is 0 Å². The fourth-order valence-corrected chi connectivity index (χ4v) is 3.33. The van der Waals surface area contributed by atoms with E-state index in [9.17, 15) is 0 Å². The molecule has 3 aromatic rings. The summed E-state index contributed by atoms with van der Waals surface area (Å²) in [6, 6.07) is 24.5. The van der Waals surface area contributed by atoms with Gasteiger partial charge in [0.25, 0.3) is 0 Å². The second kappa shape index (κ2) is 10.1. The first-order valence-electron chi connectivity index (χ1n) is 9.04. The maximum absolute atomic E-state index is 6.05. The zero-order valence-corrected chi connectivity index (χ0v) is 17.0. The van der Waals surface area contributed by atoms with Crippen LogP contribution in [0.3, 0.4) is 0 Å². The van der Waals surface area contributed by atoms with Gasteiger partial charge in [-0.25, -0.2) is 0 Å². The minimum Gasteiger partial charge on any atom is -0.496 e. The van der Waals surface area contributed by atoms with Crippen molar-refractivity contribution in [2.24, 2.45) is 0 Å². The predicted octanol–water partition coefficient (Wildman–Crippen LogP) is 5.37. The first kappa shape index (κ1) is 19.5. The number of methoxy groups -OCH3 is 1. The minimum atomic E-state index is 0.566. The summed E-state index contributed by atoms with van der Waals surface area (Å²) in [5, 5.41) is 3.51. The molecule has 0 aliphatic carbocycles. The molecule has 0 aliphatic rings. The highest BCUT2D eigenvalue weighted by atomic mass is 79.9. The lowest BCUT2D eigenvalue weighted by Gasteiger charge is -2.13. The molecule has 0 spiro atoms. The van der Waals surface area contributed by atoms with Crippen molar-refractivity contribution < 1.29 is 9.47 Å². The van der Waals surface area contributed by atoms with Gasteiger partial charge in [0.2, 0.25) is 0 Å². The zero-order valence-electron chi connectivity index (χ0n) is 15.5. The molecule has 27 heavy (non-hydrogen) atoms. The fourth-order valence-electron chi connectivity index (χ4n) is 2.92. The lowest BCUT2D eigenvalue weighted by atomic mass is 10.1. The average Bonchev–Trinajstić information content (AvgIpc) is 2.71. The average molecular weight is 426 g/mol. The van der Waals surface area contributed by atoms with Crippen LogP contribution in [0, 0.1) is 0 Å². The number of hydrogen-bond donors (Lipinski definition) is 1. The highest BCUT2D eigenvalue weighted by Gasteiger charge is 2.06. The summed E-state index contributed by atoms with van der Waals surface area (Å²) in [5.41, 5.74) is 3.51. The first-order valence-corrected chi connectivity index (χ1v) is 9.83. The summed E-state index contributed by atoms with van der Waals surface area (Å²) in [6.07, 6.45) is 0.915. The monoisotopic (exact) mass is 425 g/mol. The number of halogens is 1. The third kappa shape index (κ3) is 5.84. The molecule has 0 saturated heterocycles. The van der Waals surface area contributed by atoms with Gasteiger partial charge in [0, 0.05) is 16.6 Å². The summed E-state index contributed by atoms with van der Waals surface area (Å²) < 4.78 is 12.5. The Morgan fingerprint density at radius 3 is 2.44 bits per heavy atom. The minimum absolute atomic E-state index is 0.566. The van der Waals surface area contributed by atoms with Gasteiger partial charge in [-0.15, -0.1) is 0 Å². The molecule has 1 N–H and O–H groups in total. The second-order valence-corrected chi connectivity index (χ2v) is 7.18. The maximum atomic E-state index is 6.05. The van der Waals surface area contributed by atoms with Crippen molar-refractivity contribution in [3.8, 4) is 11.5 Å². The SMILES string of the molecule is COc1ccccc1CCNCc1cc(Br)ccc1OCc1ccccc1. The second-order valence-electron chi connectivity index (χ2n) is 6.26. The van der Waals surface area contributed by atoms with Crippen LogP contribution >= 0.6 is 15.9 Å². The molecule has 140 valence electrons. The van der Waals surface area contributed by atoms with Crippen LogP contribution in [-0.2, 0) is 19.6 Å². The van der Waals surface area contributed by atoms with Crippen molar-refractivity contribution in [1.82, 2.24) is 5.32 Å².